The van der Waals surface area contributed by atoms with E-state index in [2.05, 4.69) is 36.6 Å². The fraction of sp³-hybridized carbons (Fsp3) is 0.588. The van der Waals surface area contributed by atoms with E-state index in [0.29, 0.717) is 0 Å². The molecule has 0 saturated carbocycles. The van der Waals surface area contributed by atoms with Gasteiger partial charge in [0.15, 0.2) is 0 Å². The lowest BCUT2D eigenvalue weighted by Crippen LogP contribution is -2.29. The Kier molecular flexibility index (Phi) is 8.01. The second kappa shape index (κ2) is 9.53. The van der Waals surface area contributed by atoms with Gasteiger partial charge >= 0.3 is 0 Å². The number of nitrogen functional groups attached to an aromatic ring is 1. The molecular formula is C17H30N4. The molecule has 0 spiro atoms. The van der Waals surface area contributed by atoms with Gasteiger partial charge < -0.3 is 10.6 Å². The van der Waals surface area contributed by atoms with E-state index in [1.165, 1.54) is 12.0 Å². The molecule has 0 heterocycles. The molecule has 0 aromatic heterocycles. The van der Waals surface area contributed by atoms with Gasteiger partial charge in [0, 0.05) is 12.1 Å². The van der Waals surface area contributed by atoms with Gasteiger partial charge in [0.1, 0.15) is 5.84 Å². The molecule has 0 atom stereocenters. The van der Waals surface area contributed by atoms with E-state index in [1.807, 2.05) is 18.2 Å². The molecular weight excluding hydrogens is 260 g/mol. The van der Waals surface area contributed by atoms with Crippen molar-refractivity contribution >= 4 is 5.84 Å². The zero-order chi connectivity index (χ0) is 15.7. The Labute approximate surface area is 129 Å². The van der Waals surface area contributed by atoms with Crippen molar-refractivity contribution in [3.05, 3.63) is 35.4 Å². The van der Waals surface area contributed by atoms with Crippen molar-refractivity contribution in [3.63, 3.8) is 0 Å². The SMILES string of the molecule is CCN(CC)CCCN(CC)Cc1cccc(C(=N)N)c1. The molecule has 0 fully saturated rings. The van der Waals surface area contributed by atoms with Gasteiger partial charge in [0.05, 0.1) is 0 Å². The van der Waals surface area contributed by atoms with Crippen LogP contribution in [0.5, 0.6) is 0 Å². The lowest BCUT2D eigenvalue weighted by Gasteiger charge is -2.23. The van der Waals surface area contributed by atoms with Crippen LogP contribution >= 0.6 is 0 Å². The summed E-state index contributed by atoms with van der Waals surface area (Å²) in [5.41, 5.74) is 7.60. The van der Waals surface area contributed by atoms with Crippen LogP contribution in [0.1, 0.15) is 38.3 Å². The Hall–Kier alpha value is -1.39. The Balaban J connectivity index is 2.50. The molecule has 21 heavy (non-hydrogen) atoms. The van der Waals surface area contributed by atoms with Crippen LogP contribution in [0, 0.1) is 5.41 Å². The van der Waals surface area contributed by atoms with Crippen LogP contribution in [0.4, 0.5) is 0 Å². The molecule has 4 nitrogen and oxygen atoms in total. The molecule has 1 rings (SSSR count). The summed E-state index contributed by atoms with van der Waals surface area (Å²) in [6.45, 7) is 13.1. The van der Waals surface area contributed by atoms with Crippen molar-refractivity contribution in [3.8, 4) is 0 Å². The highest BCUT2D eigenvalue weighted by Gasteiger charge is 2.06. The zero-order valence-corrected chi connectivity index (χ0v) is 13.7. The van der Waals surface area contributed by atoms with Gasteiger partial charge in [-0.05, 0) is 50.8 Å². The molecule has 0 bridgehead atoms. The van der Waals surface area contributed by atoms with Crippen molar-refractivity contribution < 1.29 is 0 Å². The lowest BCUT2D eigenvalue weighted by molar-refractivity contribution is 0.238. The van der Waals surface area contributed by atoms with Crippen LogP contribution in [0.3, 0.4) is 0 Å². The number of hydrogen-bond donors (Lipinski definition) is 2. The monoisotopic (exact) mass is 290 g/mol. The predicted molar refractivity (Wildman–Crippen MR) is 90.8 cm³/mol. The molecule has 0 saturated heterocycles. The highest BCUT2D eigenvalue weighted by Crippen LogP contribution is 2.09. The van der Waals surface area contributed by atoms with E-state index < -0.39 is 0 Å². The smallest absolute Gasteiger partial charge is 0.122 e. The van der Waals surface area contributed by atoms with Gasteiger partial charge in [-0.25, -0.2) is 0 Å². The molecule has 0 aliphatic rings. The first-order chi connectivity index (χ1) is 10.1. The summed E-state index contributed by atoms with van der Waals surface area (Å²) in [6.07, 6.45) is 1.20. The fourth-order valence-electron chi connectivity index (χ4n) is 2.50. The van der Waals surface area contributed by atoms with Crippen molar-refractivity contribution in [2.24, 2.45) is 5.73 Å². The van der Waals surface area contributed by atoms with Crippen LogP contribution in [0.25, 0.3) is 0 Å². The maximum absolute atomic E-state index is 7.52. The molecule has 0 amide bonds. The van der Waals surface area contributed by atoms with Crippen molar-refractivity contribution in [1.29, 1.82) is 5.41 Å². The molecule has 0 aliphatic heterocycles. The molecule has 4 heteroatoms. The molecule has 1 aromatic rings. The Bertz CT molecular complexity index is 427. The number of nitrogens with zero attached hydrogens (tertiary/aromatic N) is 2. The second-order valence-electron chi connectivity index (χ2n) is 5.36. The van der Waals surface area contributed by atoms with Crippen molar-refractivity contribution in [2.75, 3.05) is 32.7 Å². The molecule has 3 N–H and O–H groups in total. The third-order valence-corrected chi connectivity index (χ3v) is 3.93. The summed E-state index contributed by atoms with van der Waals surface area (Å²) in [4.78, 5) is 4.91. The normalized spacial score (nSPS) is 11.3. The number of benzene rings is 1. The first-order valence-corrected chi connectivity index (χ1v) is 7.98. The summed E-state index contributed by atoms with van der Waals surface area (Å²) in [7, 11) is 0. The minimum absolute atomic E-state index is 0.140. The number of nitrogens with two attached hydrogens (primary N) is 1. The molecule has 0 unspecified atom stereocenters. The highest BCUT2D eigenvalue weighted by molar-refractivity contribution is 5.95. The number of hydrogen-bond acceptors (Lipinski definition) is 3. The van der Waals surface area contributed by atoms with E-state index in [1.54, 1.807) is 0 Å². The number of nitrogens with one attached hydrogen (secondary N) is 1. The molecule has 118 valence electrons. The lowest BCUT2D eigenvalue weighted by atomic mass is 10.1. The fourth-order valence-corrected chi connectivity index (χ4v) is 2.50. The first kappa shape index (κ1) is 17.7. The van der Waals surface area contributed by atoms with E-state index in [0.717, 1.165) is 44.8 Å². The zero-order valence-electron chi connectivity index (χ0n) is 13.7. The molecule has 1 aromatic carbocycles. The van der Waals surface area contributed by atoms with Gasteiger partial charge in [0.2, 0.25) is 0 Å². The quantitative estimate of drug-likeness (QED) is 0.514. The van der Waals surface area contributed by atoms with E-state index in [9.17, 15) is 0 Å². The standard InChI is InChI=1S/C17H30N4/c1-4-20(5-2)11-8-12-21(6-3)14-15-9-7-10-16(13-15)17(18)19/h7,9-10,13H,4-6,8,11-12,14H2,1-3H3,(H3,18,19). The van der Waals surface area contributed by atoms with E-state index >= 15 is 0 Å². The van der Waals surface area contributed by atoms with Crippen LogP contribution < -0.4 is 5.73 Å². The second-order valence-corrected chi connectivity index (χ2v) is 5.36. The Morgan fingerprint density at radius 2 is 1.67 bits per heavy atom. The van der Waals surface area contributed by atoms with Gasteiger partial charge in [-0.2, -0.15) is 0 Å². The van der Waals surface area contributed by atoms with Crippen LogP contribution in [0.15, 0.2) is 24.3 Å². The summed E-state index contributed by atoms with van der Waals surface area (Å²) in [5.74, 6) is 0.140. The van der Waals surface area contributed by atoms with Crippen LogP contribution in [0.2, 0.25) is 0 Å². The molecule has 0 aliphatic carbocycles. The maximum atomic E-state index is 7.52. The number of amidine groups is 1. The number of rotatable bonds is 10. The van der Waals surface area contributed by atoms with Crippen LogP contribution in [-0.4, -0.2) is 48.4 Å². The third kappa shape index (κ3) is 6.27. The topological polar surface area (TPSA) is 56.4 Å². The minimum Gasteiger partial charge on any atom is -0.384 e. The van der Waals surface area contributed by atoms with Crippen molar-refractivity contribution in [2.45, 2.75) is 33.7 Å². The van der Waals surface area contributed by atoms with Gasteiger partial charge in [-0.15, -0.1) is 0 Å². The summed E-state index contributed by atoms with van der Waals surface area (Å²) in [6, 6.07) is 8.01. The van der Waals surface area contributed by atoms with Gasteiger partial charge in [-0.3, -0.25) is 10.3 Å². The van der Waals surface area contributed by atoms with Gasteiger partial charge in [-0.1, -0.05) is 39.0 Å². The Morgan fingerprint density at radius 3 is 2.24 bits per heavy atom. The summed E-state index contributed by atoms with van der Waals surface area (Å²) in [5, 5.41) is 7.52. The highest BCUT2D eigenvalue weighted by atomic mass is 15.1. The first-order valence-electron chi connectivity index (χ1n) is 7.98. The maximum Gasteiger partial charge on any atom is 0.122 e. The summed E-state index contributed by atoms with van der Waals surface area (Å²) < 4.78 is 0. The summed E-state index contributed by atoms with van der Waals surface area (Å²) >= 11 is 0. The average molecular weight is 290 g/mol. The van der Waals surface area contributed by atoms with E-state index in [-0.39, 0.29) is 5.84 Å². The molecule has 0 radical (unpaired) electrons. The predicted octanol–water partition coefficient (Wildman–Crippen LogP) is 2.52. The van der Waals surface area contributed by atoms with Crippen LogP contribution in [-0.2, 0) is 6.54 Å². The van der Waals surface area contributed by atoms with Crippen molar-refractivity contribution in [1.82, 2.24) is 9.80 Å². The van der Waals surface area contributed by atoms with E-state index in [4.69, 9.17) is 11.1 Å². The Morgan fingerprint density at radius 1 is 1.05 bits per heavy atom. The van der Waals surface area contributed by atoms with Gasteiger partial charge in [0.25, 0.3) is 0 Å². The third-order valence-electron chi connectivity index (χ3n) is 3.93. The largest absolute Gasteiger partial charge is 0.384 e. The average Bonchev–Trinajstić information content (AvgIpc) is 2.50. The minimum atomic E-state index is 0.140.